The number of amides is 1. The summed E-state index contributed by atoms with van der Waals surface area (Å²) in [5.74, 6) is -0.0657. The summed E-state index contributed by atoms with van der Waals surface area (Å²) in [6.07, 6.45) is 7.05. The molecule has 0 aromatic heterocycles. The average molecular weight is 239 g/mol. The first-order valence-electron chi connectivity index (χ1n) is 6.68. The van der Waals surface area contributed by atoms with Crippen LogP contribution in [0.4, 0.5) is 0 Å². The fourth-order valence-electron chi connectivity index (χ4n) is 3.12. The normalized spacial score (nSPS) is 30.4. The molecular formula is C13H21NO3. The number of hydrogen-bond donors (Lipinski definition) is 1. The number of nitrogens with zero attached hydrogens (tertiary/aromatic N) is 1. The van der Waals surface area contributed by atoms with Gasteiger partial charge in [0.05, 0.1) is 0 Å². The molecule has 17 heavy (non-hydrogen) atoms. The first kappa shape index (κ1) is 12.4. The lowest BCUT2D eigenvalue weighted by atomic mass is 9.83. The van der Waals surface area contributed by atoms with Gasteiger partial charge in [0, 0.05) is 25.4 Å². The molecule has 2 fully saturated rings. The van der Waals surface area contributed by atoms with Gasteiger partial charge in [-0.05, 0) is 44.4 Å². The maximum absolute atomic E-state index is 11.8. The molecule has 0 aromatic rings. The Labute approximate surface area is 102 Å². The summed E-state index contributed by atoms with van der Waals surface area (Å²) >= 11 is 0. The zero-order valence-electron chi connectivity index (χ0n) is 10.2. The van der Waals surface area contributed by atoms with Crippen LogP contribution in [0, 0.1) is 5.92 Å². The van der Waals surface area contributed by atoms with Gasteiger partial charge in [-0.25, -0.2) is 0 Å². The van der Waals surface area contributed by atoms with Crippen molar-refractivity contribution in [2.75, 3.05) is 6.54 Å². The van der Waals surface area contributed by atoms with Gasteiger partial charge < -0.3 is 10.0 Å². The Morgan fingerprint density at radius 1 is 1.24 bits per heavy atom. The SMILES string of the molecule is O=C(O)C[C@H]1CC[C@H](N2CCCCC2=O)CC1. The van der Waals surface area contributed by atoms with Crippen LogP contribution in [-0.4, -0.2) is 34.5 Å². The van der Waals surface area contributed by atoms with Gasteiger partial charge in [-0.1, -0.05) is 0 Å². The van der Waals surface area contributed by atoms with Crippen molar-refractivity contribution in [3.05, 3.63) is 0 Å². The number of hydrogen-bond acceptors (Lipinski definition) is 2. The van der Waals surface area contributed by atoms with Gasteiger partial charge >= 0.3 is 5.97 Å². The number of likely N-dealkylation sites (tertiary alicyclic amines) is 1. The van der Waals surface area contributed by atoms with E-state index in [1.807, 2.05) is 4.90 Å². The molecule has 1 N–H and O–H groups in total. The van der Waals surface area contributed by atoms with Crippen molar-refractivity contribution in [3.8, 4) is 0 Å². The molecule has 1 saturated heterocycles. The van der Waals surface area contributed by atoms with E-state index in [0.717, 1.165) is 45.1 Å². The minimum absolute atomic E-state index is 0.292. The maximum atomic E-state index is 11.8. The molecule has 1 amide bonds. The number of carbonyl (C=O) groups is 2. The van der Waals surface area contributed by atoms with Gasteiger partial charge in [-0.2, -0.15) is 0 Å². The van der Waals surface area contributed by atoms with Crippen LogP contribution < -0.4 is 0 Å². The minimum atomic E-state index is -0.692. The second-order valence-electron chi connectivity index (χ2n) is 5.32. The molecule has 0 aromatic carbocycles. The van der Waals surface area contributed by atoms with Gasteiger partial charge in [-0.3, -0.25) is 9.59 Å². The van der Waals surface area contributed by atoms with Crippen LogP contribution in [0.25, 0.3) is 0 Å². The van der Waals surface area contributed by atoms with Crippen LogP contribution in [0.2, 0.25) is 0 Å². The summed E-state index contributed by atoms with van der Waals surface area (Å²) in [6.45, 7) is 0.910. The number of carboxylic acids is 1. The van der Waals surface area contributed by atoms with Gasteiger partial charge in [0.2, 0.25) is 5.91 Å². The largest absolute Gasteiger partial charge is 0.481 e. The molecule has 96 valence electrons. The smallest absolute Gasteiger partial charge is 0.303 e. The van der Waals surface area contributed by atoms with Crippen molar-refractivity contribution in [1.29, 1.82) is 0 Å². The third-order valence-electron chi connectivity index (χ3n) is 4.08. The number of aliphatic carboxylic acids is 1. The second-order valence-corrected chi connectivity index (χ2v) is 5.32. The van der Waals surface area contributed by atoms with Crippen molar-refractivity contribution in [1.82, 2.24) is 4.90 Å². The lowest BCUT2D eigenvalue weighted by Gasteiger charge is -2.38. The Hall–Kier alpha value is -1.06. The molecule has 1 saturated carbocycles. The molecule has 1 aliphatic heterocycles. The van der Waals surface area contributed by atoms with E-state index < -0.39 is 5.97 Å². The highest BCUT2D eigenvalue weighted by Gasteiger charge is 2.30. The molecule has 4 heteroatoms. The molecule has 0 unspecified atom stereocenters. The summed E-state index contributed by atoms with van der Waals surface area (Å²) in [6, 6.07) is 0.382. The third-order valence-corrected chi connectivity index (χ3v) is 4.08. The number of piperidine rings is 1. The highest BCUT2D eigenvalue weighted by molar-refractivity contribution is 5.77. The van der Waals surface area contributed by atoms with Gasteiger partial charge in [-0.15, -0.1) is 0 Å². The van der Waals surface area contributed by atoms with E-state index in [-0.39, 0.29) is 0 Å². The van der Waals surface area contributed by atoms with Crippen molar-refractivity contribution in [2.24, 2.45) is 5.92 Å². The minimum Gasteiger partial charge on any atom is -0.481 e. The van der Waals surface area contributed by atoms with Crippen LogP contribution in [0.5, 0.6) is 0 Å². The molecule has 2 rings (SSSR count). The Bertz CT molecular complexity index is 295. The lowest BCUT2D eigenvalue weighted by molar-refractivity contribution is -0.140. The summed E-state index contributed by atoms with van der Waals surface area (Å²) in [4.78, 5) is 24.5. The fraction of sp³-hybridized carbons (Fsp3) is 0.846. The molecule has 0 radical (unpaired) electrons. The topological polar surface area (TPSA) is 57.6 Å². The predicted octanol–water partition coefficient (Wildman–Crippen LogP) is 2.03. The monoisotopic (exact) mass is 239 g/mol. The molecular weight excluding hydrogens is 218 g/mol. The van der Waals surface area contributed by atoms with E-state index in [2.05, 4.69) is 0 Å². The number of carbonyl (C=O) groups excluding carboxylic acids is 1. The van der Waals surface area contributed by atoms with Crippen molar-refractivity contribution in [2.45, 2.75) is 57.4 Å². The Balaban J connectivity index is 1.81. The molecule has 1 aliphatic carbocycles. The van der Waals surface area contributed by atoms with E-state index in [1.54, 1.807) is 0 Å². The summed E-state index contributed by atoms with van der Waals surface area (Å²) in [5.41, 5.74) is 0. The van der Waals surface area contributed by atoms with E-state index in [4.69, 9.17) is 5.11 Å². The van der Waals surface area contributed by atoms with Crippen LogP contribution >= 0.6 is 0 Å². The summed E-state index contributed by atoms with van der Waals surface area (Å²) in [5, 5.41) is 8.76. The zero-order chi connectivity index (χ0) is 12.3. The predicted molar refractivity (Wildman–Crippen MR) is 63.6 cm³/mol. The highest BCUT2D eigenvalue weighted by Crippen LogP contribution is 2.31. The van der Waals surface area contributed by atoms with Crippen LogP contribution in [-0.2, 0) is 9.59 Å². The molecule has 1 heterocycles. The van der Waals surface area contributed by atoms with E-state index in [9.17, 15) is 9.59 Å². The first-order chi connectivity index (χ1) is 8.16. The number of carboxylic acid groups (broad SMARTS) is 1. The Morgan fingerprint density at radius 3 is 2.53 bits per heavy atom. The van der Waals surface area contributed by atoms with Gasteiger partial charge in [0.1, 0.15) is 0 Å². The fourth-order valence-corrected chi connectivity index (χ4v) is 3.12. The Kier molecular flexibility index (Phi) is 4.02. The summed E-state index contributed by atoms with van der Waals surface area (Å²) in [7, 11) is 0. The lowest BCUT2D eigenvalue weighted by Crippen LogP contribution is -2.45. The summed E-state index contributed by atoms with van der Waals surface area (Å²) < 4.78 is 0. The van der Waals surface area contributed by atoms with Crippen molar-refractivity contribution >= 4 is 11.9 Å². The second kappa shape index (κ2) is 5.52. The third kappa shape index (κ3) is 3.20. The Morgan fingerprint density at radius 2 is 1.94 bits per heavy atom. The van der Waals surface area contributed by atoms with Crippen molar-refractivity contribution in [3.63, 3.8) is 0 Å². The van der Waals surface area contributed by atoms with Crippen LogP contribution in [0.1, 0.15) is 51.4 Å². The molecule has 0 bridgehead atoms. The molecule has 4 nitrogen and oxygen atoms in total. The van der Waals surface area contributed by atoms with Gasteiger partial charge in [0.15, 0.2) is 0 Å². The molecule has 0 spiro atoms. The average Bonchev–Trinajstić information content (AvgIpc) is 2.30. The van der Waals surface area contributed by atoms with Crippen LogP contribution in [0.3, 0.4) is 0 Å². The zero-order valence-corrected chi connectivity index (χ0v) is 10.2. The van der Waals surface area contributed by atoms with E-state index >= 15 is 0 Å². The number of rotatable bonds is 3. The molecule has 2 aliphatic rings. The first-order valence-corrected chi connectivity index (χ1v) is 6.68. The molecule has 0 atom stereocenters. The van der Waals surface area contributed by atoms with Crippen molar-refractivity contribution < 1.29 is 14.7 Å². The van der Waals surface area contributed by atoms with Gasteiger partial charge in [0.25, 0.3) is 0 Å². The maximum Gasteiger partial charge on any atom is 0.303 e. The van der Waals surface area contributed by atoms with E-state index in [0.29, 0.717) is 30.7 Å². The van der Waals surface area contributed by atoms with Crippen LogP contribution in [0.15, 0.2) is 0 Å². The quantitative estimate of drug-likeness (QED) is 0.819. The highest BCUT2D eigenvalue weighted by atomic mass is 16.4. The standard InChI is InChI=1S/C13H21NO3/c15-12-3-1-2-8-14(12)11-6-4-10(5-7-11)9-13(16)17/h10-11H,1-9H2,(H,16,17)/t10-,11-. The van der Waals surface area contributed by atoms with E-state index in [1.165, 1.54) is 0 Å².